The number of benzene rings is 1. The summed E-state index contributed by atoms with van der Waals surface area (Å²) in [7, 11) is 3.66. The summed E-state index contributed by atoms with van der Waals surface area (Å²) in [5.74, 6) is 0.610. The van der Waals surface area contributed by atoms with E-state index < -0.39 is 0 Å². The standard InChI is InChI=1S/C26H37N3O5/c1-5-7-22-24(33-6-2)10-8-21(26(22)32-4)23(30)9-11-25(31)29-16-17-34-20(19-29)18-28-14-12-27(3)13-15-28/h5,7-11,20H,6,12-19H2,1-4H3. The zero-order valence-electron chi connectivity index (χ0n) is 20.8. The summed E-state index contributed by atoms with van der Waals surface area (Å²) < 4.78 is 17.1. The van der Waals surface area contributed by atoms with Crippen molar-refractivity contribution in [1.29, 1.82) is 0 Å². The van der Waals surface area contributed by atoms with Gasteiger partial charge in [-0.15, -0.1) is 0 Å². The molecule has 1 unspecified atom stereocenters. The second-order valence-electron chi connectivity index (χ2n) is 8.57. The molecule has 0 bridgehead atoms. The molecule has 0 radical (unpaired) electrons. The average Bonchev–Trinajstić information content (AvgIpc) is 2.85. The van der Waals surface area contributed by atoms with Crippen LogP contribution in [0.5, 0.6) is 11.5 Å². The smallest absolute Gasteiger partial charge is 0.246 e. The number of hydrogen-bond donors (Lipinski definition) is 0. The van der Waals surface area contributed by atoms with Crippen LogP contribution in [0, 0.1) is 0 Å². The van der Waals surface area contributed by atoms with Gasteiger partial charge in [-0.3, -0.25) is 14.5 Å². The van der Waals surface area contributed by atoms with Gasteiger partial charge in [-0.05, 0) is 39.1 Å². The number of methoxy groups -OCH3 is 1. The van der Waals surface area contributed by atoms with Crippen molar-refractivity contribution in [2.45, 2.75) is 20.0 Å². The second kappa shape index (κ2) is 12.7. The minimum absolute atomic E-state index is 0.0141. The highest BCUT2D eigenvalue weighted by molar-refractivity contribution is 6.10. The van der Waals surface area contributed by atoms with Crippen molar-refractivity contribution in [3.8, 4) is 11.5 Å². The first-order valence-corrected chi connectivity index (χ1v) is 12.0. The summed E-state index contributed by atoms with van der Waals surface area (Å²) in [6.07, 6.45) is 6.38. The molecular weight excluding hydrogens is 434 g/mol. The Labute approximate surface area is 202 Å². The second-order valence-corrected chi connectivity index (χ2v) is 8.57. The van der Waals surface area contributed by atoms with Gasteiger partial charge in [0.1, 0.15) is 11.5 Å². The average molecular weight is 472 g/mol. The van der Waals surface area contributed by atoms with Gasteiger partial charge in [0.25, 0.3) is 0 Å². The molecule has 1 atom stereocenters. The summed E-state index contributed by atoms with van der Waals surface area (Å²) >= 11 is 0. The van der Waals surface area contributed by atoms with Gasteiger partial charge in [0, 0.05) is 51.9 Å². The van der Waals surface area contributed by atoms with Crippen LogP contribution in [0.15, 0.2) is 30.4 Å². The van der Waals surface area contributed by atoms with Gasteiger partial charge in [-0.1, -0.05) is 12.2 Å². The van der Waals surface area contributed by atoms with Gasteiger partial charge >= 0.3 is 0 Å². The van der Waals surface area contributed by atoms with E-state index in [4.69, 9.17) is 14.2 Å². The molecule has 2 heterocycles. The minimum Gasteiger partial charge on any atom is -0.495 e. The predicted molar refractivity (Wildman–Crippen MR) is 133 cm³/mol. The Hall–Kier alpha value is -2.68. The van der Waals surface area contributed by atoms with Crippen LogP contribution in [0.25, 0.3) is 6.08 Å². The van der Waals surface area contributed by atoms with Crippen LogP contribution in [0.4, 0.5) is 0 Å². The van der Waals surface area contributed by atoms with E-state index in [2.05, 4.69) is 16.8 Å². The number of amides is 1. The summed E-state index contributed by atoms with van der Waals surface area (Å²) in [5, 5.41) is 0. The fourth-order valence-electron chi connectivity index (χ4n) is 4.29. The Kier molecular flexibility index (Phi) is 9.68. The Morgan fingerprint density at radius 3 is 2.59 bits per heavy atom. The monoisotopic (exact) mass is 471 g/mol. The van der Waals surface area contributed by atoms with Crippen molar-refractivity contribution >= 4 is 17.8 Å². The first-order chi connectivity index (χ1) is 16.5. The highest BCUT2D eigenvalue weighted by Gasteiger charge is 2.26. The molecule has 186 valence electrons. The predicted octanol–water partition coefficient (Wildman–Crippen LogP) is 2.34. The largest absolute Gasteiger partial charge is 0.495 e. The highest BCUT2D eigenvalue weighted by atomic mass is 16.5. The van der Waals surface area contributed by atoms with Crippen LogP contribution in [0.3, 0.4) is 0 Å². The number of carbonyl (C=O) groups is 2. The molecule has 8 heteroatoms. The van der Waals surface area contributed by atoms with Crippen molar-refractivity contribution in [2.24, 2.45) is 0 Å². The van der Waals surface area contributed by atoms with Gasteiger partial charge in [-0.2, -0.15) is 0 Å². The highest BCUT2D eigenvalue weighted by Crippen LogP contribution is 2.34. The van der Waals surface area contributed by atoms with Crippen LogP contribution in [0.2, 0.25) is 0 Å². The van der Waals surface area contributed by atoms with E-state index in [9.17, 15) is 9.59 Å². The number of morpholine rings is 1. The molecule has 34 heavy (non-hydrogen) atoms. The van der Waals surface area contributed by atoms with Gasteiger partial charge in [0.15, 0.2) is 5.78 Å². The molecule has 3 rings (SSSR count). The third-order valence-electron chi connectivity index (χ3n) is 6.14. The molecule has 0 N–H and O–H groups in total. The van der Waals surface area contributed by atoms with E-state index in [-0.39, 0.29) is 17.8 Å². The van der Waals surface area contributed by atoms with Crippen molar-refractivity contribution in [1.82, 2.24) is 14.7 Å². The Balaban J connectivity index is 1.65. The lowest BCUT2D eigenvalue weighted by Crippen LogP contribution is -2.52. The normalized spacial score (nSPS) is 20.2. The maximum atomic E-state index is 13.0. The van der Waals surface area contributed by atoms with E-state index in [1.54, 1.807) is 17.0 Å². The molecule has 1 aromatic carbocycles. The SMILES string of the molecule is CC=Cc1c(OCC)ccc(C(=O)C=CC(=O)N2CCOC(CN3CCN(C)CC3)C2)c1OC. The lowest BCUT2D eigenvalue weighted by molar-refractivity contribution is -0.134. The number of carbonyl (C=O) groups excluding carboxylic acids is 2. The Bertz CT molecular complexity index is 906. The zero-order chi connectivity index (χ0) is 24.5. The molecule has 0 aliphatic carbocycles. The third-order valence-corrected chi connectivity index (χ3v) is 6.14. The molecular formula is C26H37N3O5. The number of rotatable bonds is 9. The van der Waals surface area contributed by atoms with Crippen LogP contribution >= 0.6 is 0 Å². The van der Waals surface area contributed by atoms with Crippen LogP contribution in [-0.4, -0.2) is 106 Å². The van der Waals surface area contributed by atoms with Crippen molar-refractivity contribution in [3.05, 3.63) is 41.5 Å². The van der Waals surface area contributed by atoms with Crippen molar-refractivity contribution in [3.63, 3.8) is 0 Å². The Morgan fingerprint density at radius 2 is 1.91 bits per heavy atom. The first kappa shape index (κ1) is 25.9. The van der Waals surface area contributed by atoms with Gasteiger partial charge in [0.05, 0.1) is 37.6 Å². The maximum Gasteiger partial charge on any atom is 0.246 e. The lowest BCUT2D eigenvalue weighted by Gasteiger charge is -2.38. The number of ketones is 1. The fraction of sp³-hybridized carbons (Fsp3) is 0.538. The molecule has 2 aliphatic heterocycles. The zero-order valence-corrected chi connectivity index (χ0v) is 20.8. The molecule has 2 fully saturated rings. The molecule has 2 saturated heterocycles. The summed E-state index contributed by atoms with van der Waals surface area (Å²) in [6.45, 7) is 10.8. The minimum atomic E-state index is -0.291. The lowest BCUT2D eigenvalue weighted by atomic mass is 10.0. The quantitative estimate of drug-likeness (QED) is 0.404. The topological polar surface area (TPSA) is 71.6 Å². The van der Waals surface area contributed by atoms with Gasteiger partial charge in [-0.25, -0.2) is 0 Å². The third kappa shape index (κ3) is 6.68. The molecule has 2 aliphatic rings. The Morgan fingerprint density at radius 1 is 1.15 bits per heavy atom. The van der Waals surface area contributed by atoms with Crippen LogP contribution in [0.1, 0.15) is 29.8 Å². The van der Waals surface area contributed by atoms with E-state index >= 15 is 0 Å². The molecule has 0 saturated carbocycles. The summed E-state index contributed by atoms with van der Waals surface area (Å²) in [4.78, 5) is 32.2. The molecule has 8 nitrogen and oxygen atoms in total. The van der Waals surface area contributed by atoms with Crippen LogP contribution in [-0.2, 0) is 9.53 Å². The molecule has 1 aromatic rings. The molecule has 0 spiro atoms. The van der Waals surface area contributed by atoms with E-state index in [0.29, 0.717) is 48.9 Å². The number of hydrogen-bond acceptors (Lipinski definition) is 7. The number of nitrogens with zero attached hydrogens (tertiary/aromatic N) is 3. The van der Waals surface area contributed by atoms with Crippen molar-refractivity contribution < 1.29 is 23.8 Å². The number of ether oxygens (including phenoxy) is 3. The van der Waals surface area contributed by atoms with Crippen LogP contribution < -0.4 is 9.47 Å². The molecule has 0 aromatic heterocycles. The van der Waals surface area contributed by atoms with E-state index in [1.165, 1.54) is 19.3 Å². The van der Waals surface area contributed by atoms with Crippen molar-refractivity contribution in [2.75, 3.05) is 73.2 Å². The first-order valence-electron chi connectivity index (χ1n) is 12.0. The van der Waals surface area contributed by atoms with E-state index in [1.807, 2.05) is 26.0 Å². The summed E-state index contributed by atoms with van der Waals surface area (Å²) in [5.41, 5.74) is 1.09. The maximum absolute atomic E-state index is 13.0. The number of likely N-dealkylation sites (N-methyl/N-ethyl adjacent to an activating group) is 1. The number of allylic oxidation sites excluding steroid dienone is 2. The number of piperazine rings is 1. The van der Waals surface area contributed by atoms with E-state index in [0.717, 1.165) is 32.7 Å². The summed E-state index contributed by atoms with van der Waals surface area (Å²) in [6, 6.07) is 3.43. The van der Waals surface area contributed by atoms with Gasteiger partial charge < -0.3 is 24.0 Å². The van der Waals surface area contributed by atoms with Gasteiger partial charge in [0.2, 0.25) is 5.91 Å². The molecule has 1 amide bonds. The fourth-order valence-corrected chi connectivity index (χ4v) is 4.29.